The maximum Gasteiger partial charge on any atom is 0.329 e. The third-order valence-electron chi connectivity index (χ3n) is 3.46. The second-order valence-electron chi connectivity index (χ2n) is 5.55. The summed E-state index contributed by atoms with van der Waals surface area (Å²) in [5, 5.41) is 11.7. The van der Waals surface area contributed by atoms with Gasteiger partial charge in [0.25, 0.3) is 5.91 Å². The average Bonchev–Trinajstić information content (AvgIpc) is 3.12. The molecule has 24 heavy (non-hydrogen) atoms. The summed E-state index contributed by atoms with van der Waals surface area (Å²) in [5.41, 5.74) is 1.07. The van der Waals surface area contributed by atoms with Crippen LogP contribution in [0.25, 0.3) is 0 Å². The second-order valence-corrected chi connectivity index (χ2v) is 5.55. The number of nitrogens with zero attached hydrogens (tertiary/aromatic N) is 1. The Kier molecular flexibility index (Phi) is 5.74. The zero-order chi connectivity index (χ0) is 17.5. The molecular weight excluding hydrogens is 308 g/mol. The van der Waals surface area contributed by atoms with Gasteiger partial charge in [0.15, 0.2) is 5.76 Å². The zero-order valence-electron chi connectivity index (χ0n) is 13.5. The van der Waals surface area contributed by atoms with Crippen molar-refractivity contribution in [1.29, 1.82) is 5.26 Å². The molecule has 1 aromatic carbocycles. The van der Waals surface area contributed by atoms with Gasteiger partial charge in [-0.2, -0.15) is 5.26 Å². The van der Waals surface area contributed by atoms with E-state index in [-0.39, 0.29) is 18.3 Å². The van der Waals surface area contributed by atoms with E-state index in [9.17, 15) is 9.59 Å². The fourth-order valence-corrected chi connectivity index (χ4v) is 2.11. The van der Waals surface area contributed by atoms with Crippen molar-refractivity contribution in [3.05, 3.63) is 59.5 Å². The number of nitriles is 1. The summed E-state index contributed by atoms with van der Waals surface area (Å²) in [6, 6.07) is 11.2. The lowest BCUT2D eigenvalue weighted by atomic mass is 10.0. The lowest BCUT2D eigenvalue weighted by Crippen LogP contribution is -2.45. The predicted octanol–water partition coefficient (Wildman–Crippen LogP) is 2.65. The molecule has 0 saturated heterocycles. The number of carbonyl (C=O) groups is 2. The average molecular weight is 326 g/mol. The van der Waals surface area contributed by atoms with Crippen LogP contribution in [-0.2, 0) is 16.1 Å². The van der Waals surface area contributed by atoms with E-state index in [4.69, 9.17) is 14.4 Å². The molecule has 0 spiro atoms. The van der Waals surface area contributed by atoms with E-state index in [1.165, 1.54) is 12.3 Å². The van der Waals surface area contributed by atoms with Crippen molar-refractivity contribution in [1.82, 2.24) is 5.32 Å². The van der Waals surface area contributed by atoms with E-state index < -0.39 is 17.9 Å². The summed E-state index contributed by atoms with van der Waals surface area (Å²) in [5.74, 6) is -1.07. The van der Waals surface area contributed by atoms with E-state index in [1.807, 2.05) is 6.07 Å². The molecule has 1 atom stereocenters. The Labute approximate surface area is 140 Å². The minimum atomic E-state index is -0.808. The number of amides is 1. The molecule has 1 heterocycles. The first-order valence-electron chi connectivity index (χ1n) is 7.52. The lowest BCUT2D eigenvalue weighted by molar-refractivity contribution is -0.148. The monoisotopic (exact) mass is 326 g/mol. The molecule has 124 valence electrons. The van der Waals surface area contributed by atoms with Crippen LogP contribution < -0.4 is 5.32 Å². The third kappa shape index (κ3) is 4.23. The molecule has 1 aromatic heterocycles. The molecule has 0 aliphatic carbocycles. The Morgan fingerprint density at radius 3 is 2.62 bits per heavy atom. The number of carbonyl (C=O) groups excluding carboxylic acids is 2. The molecule has 0 aliphatic rings. The highest BCUT2D eigenvalue weighted by Crippen LogP contribution is 2.12. The van der Waals surface area contributed by atoms with Crippen molar-refractivity contribution in [2.75, 3.05) is 0 Å². The maximum absolute atomic E-state index is 12.3. The molecule has 1 amide bonds. The summed E-state index contributed by atoms with van der Waals surface area (Å²) < 4.78 is 10.3. The minimum Gasteiger partial charge on any atom is -0.459 e. The molecule has 0 fully saturated rings. The SMILES string of the molecule is CC(C)[C@H](NC(=O)c1ccco1)C(=O)OCc1ccccc1C#N. The van der Waals surface area contributed by atoms with Gasteiger partial charge in [0.05, 0.1) is 17.9 Å². The predicted molar refractivity (Wildman–Crippen MR) is 85.8 cm³/mol. The highest BCUT2D eigenvalue weighted by Gasteiger charge is 2.27. The normalized spacial score (nSPS) is 11.6. The summed E-state index contributed by atoms with van der Waals surface area (Å²) >= 11 is 0. The molecule has 0 unspecified atom stereocenters. The van der Waals surface area contributed by atoms with E-state index in [0.717, 1.165) is 0 Å². The van der Waals surface area contributed by atoms with Crippen LogP contribution in [0.3, 0.4) is 0 Å². The van der Waals surface area contributed by atoms with Crippen molar-refractivity contribution in [2.24, 2.45) is 5.92 Å². The Morgan fingerprint density at radius 1 is 1.25 bits per heavy atom. The van der Waals surface area contributed by atoms with Gasteiger partial charge in [0.1, 0.15) is 12.6 Å². The van der Waals surface area contributed by atoms with Crippen LogP contribution in [0.1, 0.15) is 35.5 Å². The highest BCUT2D eigenvalue weighted by molar-refractivity contribution is 5.94. The van der Waals surface area contributed by atoms with Gasteiger partial charge in [0.2, 0.25) is 0 Å². The van der Waals surface area contributed by atoms with Crippen LogP contribution in [0, 0.1) is 17.2 Å². The van der Waals surface area contributed by atoms with Crippen molar-refractivity contribution in [3.63, 3.8) is 0 Å². The number of nitrogens with one attached hydrogen (secondary N) is 1. The Balaban J connectivity index is 2.01. The van der Waals surface area contributed by atoms with Gasteiger partial charge in [-0.1, -0.05) is 32.0 Å². The van der Waals surface area contributed by atoms with Crippen LogP contribution in [0.4, 0.5) is 0 Å². The first kappa shape index (κ1) is 17.3. The number of esters is 1. The van der Waals surface area contributed by atoms with Gasteiger partial charge in [0, 0.05) is 5.56 Å². The van der Waals surface area contributed by atoms with Gasteiger partial charge in [-0.15, -0.1) is 0 Å². The smallest absolute Gasteiger partial charge is 0.329 e. The van der Waals surface area contributed by atoms with Crippen molar-refractivity contribution in [2.45, 2.75) is 26.5 Å². The molecule has 6 nitrogen and oxygen atoms in total. The number of rotatable bonds is 6. The molecule has 0 bridgehead atoms. The van der Waals surface area contributed by atoms with Crippen molar-refractivity contribution >= 4 is 11.9 Å². The van der Waals surface area contributed by atoms with Gasteiger partial charge >= 0.3 is 5.97 Å². The summed E-state index contributed by atoms with van der Waals surface area (Å²) in [6.07, 6.45) is 1.39. The van der Waals surface area contributed by atoms with Crippen molar-refractivity contribution < 1.29 is 18.7 Å². The van der Waals surface area contributed by atoms with Gasteiger partial charge in [-0.3, -0.25) is 4.79 Å². The number of furan rings is 1. The van der Waals surface area contributed by atoms with Gasteiger partial charge < -0.3 is 14.5 Å². The van der Waals surface area contributed by atoms with Crippen LogP contribution in [0.15, 0.2) is 47.1 Å². The summed E-state index contributed by atoms with van der Waals surface area (Å²) in [4.78, 5) is 24.4. The first-order chi connectivity index (χ1) is 11.5. The first-order valence-corrected chi connectivity index (χ1v) is 7.52. The molecule has 6 heteroatoms. The van der Waals surface area contributed by atoms with Gasteiger partial charge in [-0.05, 0) is 24.1 Å². The standard InChI is InChI=1S/C18H18N2O4/c1-12(2)16(20-17(21)15-8-5-9-23-15)18(22)24-11-14-7-4-3-6-13(14)10-19/h3-9,12,16H,11H2,1-2H3,(H,20,21)/t16-/m0/s1. The maximum atomic E-state index is 12.3. The lowest BCUT2D eigenvalue weighted by Gasteiger charge is -2.20. The number of hydrogen-bond acceptors (Lipinski definition) is 5. The zero-order valence-corrected chi connectivity index (χ0v) is 13.5. The molecule has 1 N–H and O–H groups in total. The quantitative estimate of drug-likeness (QED) is 0.824. The summed E-state index contributed by atoms with van der Waals surface area (Å²) in [6.45, 7) is 3.58. The van der Waals surface area contributed by atoms with Crippen LogP contribution in [0.5, 0.6) is 0 Å². The molecular formula is C18H18N2O4. The van der Waals surface area contributed by atoms with Gasteiger partial charge in [-0.25, -0.2) is 4.79 Å². The molecule has 2 rings (SSSR count). The highest BCUT2D eigenvalue weighted by atomic mass is 16.5. The van der Waals surface area contributed by atoms with Crippen LogP contribution in [-0.4, -0.2) is 17.9 Å². The minimum absolute atomic E-state index is 0.0254. The van der Waals surface area contributed by atoms with E-state index in [2.05, 4.69) is 5.32 Å². The number of hydrogen-bond donors (Lipinski definition) is 1. The Bertz CT molecular complexity index is 745. The van der Waals surface area contributed by atoms with Crippen LogP contribution >= 0.6 is 0 Å². The van der Waals surface area contributed by atoms with E-state index >= 15 is 0 Å². The molecule has 0 saturated carbocycles. The number of ether oxygens (including phenoxy) is 1. The number of benzene rings is 1. The largest absolute Gasteiger partial charge is 0.459 e. The molecule has 2 aromatic rings. The van der Waals surface area contributed by atoms with E-state index in [1.54, 1.807) is 44.2 Å². The Morgan fingerprint density at radius 2 is 2.00 bits per heavy atom. The van der Waals surface area contributed by atoms with Crippen LogP contribution in [0.2, 0.25) is 0 Å². The molecule has 0 aliphatic heterocycles. The fraction of sp³-hybridized carbons (Fsp3) is 0.278. The van der Waals surface area contributed by atoms with E-state index in [0.29, 0.717) is 11.1 Å². The molecule has 0 radical (unpaired) electrons. The summed E-state index contributed by atoms with van der Waals surface area (Å²) in [7, 11) is 0. The Hall–Kier alpha value is -3.07. The fourth-order valence-electron chi connectivity index (χ4n) is 2.11. The van der Waals surface area contributed by atoms with Crippen molar-refractivity contribution in [3.8, 4) is 6.07 Å². The third-order valence-corrected chi connectivity index (χ3v) is 3.46. The second kappa shape index (κ2) is 7.97. The topological polar surface area (TPSA) is 92.3 Å².